The topological polar surface area (TPSA) is 152 Å². The first kappa shape index (κ1) is 31.1. The van der Waals surface area contributed by atoms with Gasteiger partial charge in [0.15, 0.2) is 11.6 Å². The number of carbonyl (C=O) groups excluding carboxylic acids is 2. The van der Waals surface area contributed by atoms with Crippen molar-refractivity contribution in [2.75, 3.05) is 21.3 Å². The maximum atomic E-state index is 13.0. The molecule has 0 saturated carbocycles. The molecule has 0 spiro atoms. The number of aliphatic hydroxyl groups is 1. The normalized spacial score (nSPS) is 16.0. The number of phenols is 3. The smallest absolute Gasteiger partial charge is 0.170 e. The Balaban J connectivity index is 0.00000207. The summed E-state index contributed by atoms with van der Waals surface area (Å²) in [6.45, 7) is 7.12. The number of aliphatic hydroxyl groups excluding tert-OH is 1. The molecular formula is C33H36O10. The van der Waals surface area contributed by atoms with Crippen molar-refractivity contribution in [2.24, 2.45) is 0 Å². The standard InChI is InChI=1S/C31H30O10.C2H6/c1-13-6-7-19(33)29-24(41-13)10-18-26(31(29)37)21(35)12-23(40-5)28(18)27-17-9-15(38-3)8-16(14(2)32)30(36)25(17)20(34)11-22(27)39-4;1-2/h9-13,34-37H,6-8H2,1-5H3;1-2H3. The van der Waals surface area contributed by atoms with Gasteiger partial charge in [-0.25, -0.2) is 0 Å². The first-order valence-electron chi connectivity index (χ1n) is 13.9. The molecule has 1 unspecified atom stereocenters. The van der Waals surface area contributed by atoms with Crippen LogP contribution in [0.2, 0.25) is 0 Å². The Labute approximate surface area is 249 Å². The van der Waals surface area contributed by atoms with E-state index < -0.39 is 17.3 Å². The Morgan fingerprint density at radius 3 is 2.12 bits per heavy atom. The van der Waals surface area contributed by atoms with E-state index in [1.54, 1.807) is 12.1 Å². The quantitative estimate of drug-likeness (QED) is 0.253. The lowest BCUT2D eigenvalue weighted by atomic mass is 9.87. The summed E-state index contributed by atoms with van der Waals surface area (Å²) < 4.78 is 22.9. The van der Waals surface area contributed by atoms with Crippen LogP contribution in [0.1, 0.15) is 68.4 Å². The number of hydrogen-bond donors (Lipinski definition) is 4. The average Bonchev–Trinajstić information content (AvgIpc) is 3.22. The zero-order valence-corrected chi connectivity index (χ0v) is 25.2. The van der Waals surface area contributed by atoms with Crippen LogP contribution in [-0.2, 0) is 9.53 Å². The predicted octanol–water partition coefficient (Wildman–Crippen LogP) is 6.66. The van der Waals surface area contributed by atoms with Gasteiger partial charge < -0.3 is 39.4 Å². The van der Waals surface area contributed by atoms with Crippen molar-refractivity contribution >= 4 is 34.2 Å². The van der Waals surface area contributed by atoms with Crippen molar-refractivity contribution in [3.63, 3.8) is 0 Å². The van der Waals surface area contributed by atoms with Crippen molar-refractivity contribution in [2.45, 2.75) is 53.1 Å². The highest BCUT2D eigenvalue weighted by Crippen LogP contribution is 2.54. The molecule has 4 N–H and O–H groups in total. The molecular weight excluding hydrogens is 556 g/mol. The number of Topliss-reactive ketones (excluding diaryl/α,β-unsaturated/α-hetero) is 2. The van der Waals surface area contributed by atoms with Gasteiger partial charge in [-0.1, -0.05) is 13.8 Å². The second-order valence-corrected chi connectivity index (χ2v) is 10.0. The van der Waals surface area contributed by atoms with E-state index in [1.165, 1.54) is 40.4 Å². The van der Waals surface area contributed by atoms with Gasteiger partial charge in [0.1, 0.15) is 51.6 Å². The first-order valence-corrected chi connectivity index (χ1v) is 13.9. The second kappa shape index (κ2) is 12.2. The summed E-state index contributed by atoms with van der Waals surface area (Å²) in [5.41, 5.74) is 0.788. The molecule has 2 aliphatic rings. The number of ketones is 2. The van der Waals surface area contributed by atoms with Crippen LogP contribution in [-0.4, -0.2) is 59.4 Å². The number of benzene rings is 3. The summed E-state index contributed by atoms with van der Waals surface area (Å²) in [5.74, 6) is -1.56. The Bertz CT molecular complexity index is 1700. The summed E-state index contributed by atoms with van der Waals surface area (Å²) in [7, 11) is 4.20. The van der Waals surface area contributed by atoms with Crippen LogP contribution in [0.4, 0.5) is 0 Å². The molecule has 0 amide bonds. The van der Waals surface area contributed by atoms with Crippen molar-refractivity contribution in [3.8, 4) is 45.6 Å². The Kier molecular flexibility index (Phi) is 8.80. The SMILES string of the molecule is CC.COC1=Cc2c(c(O)cc(OC)c2-c2c(OC)cc(O)c3c(O)c4c(cc23)OC(C)CCC4=O)C(O)=C(C(C)=O)C1. The lowest BCUT2D eigenvalue weighted by Gasteiger charge is -2.22. The van der Waals surface area contributed by atoms with Gasteiger partial charge in [-0.3, -0.25) is 9.59 Å². The van der Waals surface area contributed by atoms with Crippen LogP contribution in [0.5, 0.6) is 34.5 Å². The molecule has 5 rings (SSSR count). The Morgan fingerprint density at radius 2 is 1.51 bits per heavy atom. The van der Waals surface area contributed by atoms with Gasteiger partial charge in [0.2, 0.25) is 0 Å². The minimum Gasteiger partial charge on any atom is -0.507 e. The fraction of sp³-hybridized carbons (Fsp3) is 0.333. The molecule has 0 saturated heterocycles. The van der Waals surface area contributed by atoms with Crippen molar-refractivity contribution in [1.29, 1.82) is 0 Å². The molecule has 10 nitrogen and oxygen atoms in total. The zero-order chi connectivity index (χ0) is 31.7. The zero-order valence-electron chi connectivity index (χ0n) is 25.2. The van der Waals surface area contributed by atoms with E-state index in [-0.39, 0.29) is 86.5 Å². The molecule has 3 aromatic carbocycles. The third kappa shape index (κ3) is 5.17. The van der Waals surface area contributed by atoms with Gasteiger partial charge in [-0.05, 0) is 32.4 Å². The van der Waals surface area contributed by atoms with Crippen molar-refractivity contribution in [1.82, 2.24) is 0 Å². The van der Waals surface area contributed by atoms with Gasteiger partial charge in [0.05, 0.1) is 38.4 Å². The number of aromatic hydroxyl groups is 3. The number of rotatable bonds is 5. The van der Waals surface area contributed by atoms with Crippen molar-refractivity contribution < 1.29 is 49.0 Å². The fourth-order valence-electron chi connectivity index (χ4n) is 5.54. The molecule has 1 aliphatic carbocycles. The largest absolute Gasteiger partial charge is 0.507 e. The first-order chi connectivity index (χ1) is 20.5. The lowest BCUT2D eigenvalue weighted by Crippen LogP contribution is -2.09. The Hall–Kier alpha value is -4.86. The van der Waals surface area contributed by atoms with Crippen LogP contribution < -0.4 is 14.2 Å². The highest BCUT2D eigenvalue weighted by molar-refractivity contribution is 6.15. The summed E-state index contributed by atoms with van der Waals surface area (Å²) >= 11 is 0. The van der Waals surface area contributed by atoms with Crippen molar-refractivity contribution in [3.05, 3.63) is 46.2 Å². The number of hydrogen-bond acceptors (Lipinski definition) is 10. The molecule has 0 fully saturated rings. The number of fused-ring (bicyclic) bond motifs is 3. The summed E-state index contributed by atoms with van der Waals surface area (Å²) in [4.78, 5) is 25.5. The molecule has 1 aliphatic heterocycles. The van der Waals surface area contributed by atoms with Gasteiger partial charge >= 0.3 is 0 Å². The number of ether oxygens (including phenoxy) is 4. The molecule has 0 aromatic heterocycles. The molecule has 43 heavy (non-hydrogen) atoms. The molecule has 1 heterocycles. The number of methoxy groups -OCH3 is 3. The number of allylic oxidation sites excluding steroid dienone is 1. The summed E-state index contributed by atoms with van der Waals surface area (Å²) in [5, 5.41) is 45.0. The van der Waals surface area contributed by atoms with E-state index in [0.29, 0.717) is 23.3 Å². The van der Waals surface area contributed by atoms with Crippen LogP contribution in [0.25, 0.3) is 33.7 Å². The number of carbonyl (C=O) groups is 2. The maximum absolute atomic E-state index is 13.0. The Morgan fingerprint density at radius 1 is 0.884 bits per heavy atom. The predicted molar refractivity (Wildman–Crippen MR) is 162 cm³/mol. The van der Waals surface area contributed by atoms with Gasteiger partial charge in [0, 0.05) is 52.6 Å². The van der Waals surface area contributed by atoms with Crippen LogP contribution in [0, 0.1) is 0 Å². The monoisotopic (exact) mass is 592 g/mol. The highest BCUT2D eigenvalue weighted by atomic mass is 16.5. The summed E-state index contributed by atoms with van der Waals surface area (Å²) in [6.07, 6.45) is 1.81. The lowest BCUT2D eigenvalue weighted by molar-refractivity contribution is -0.113. The highest BCUT2D eigenvalue weighted by Gasteiger charge is 2.33. The molecule has 0 radical (unpaired) electrons. The summed E-state index contributed by atoms with van der Waals surface area (Å²) in [6, 6.07) is 4.13. The fourth-order valence-corrected chi connectivity index (χ4v) is 5.54. The van der Waals surface area contributed by atoms with E-state index in [2.05, 4.69) is 0 Å². The molecule has 3 aromatic rings. The number of phenolic OH excluding ortho intramolecular Hbond substituents is 3. The molecule has 1 atom stereocenters. The third-order valence-corrected chi connectivity index (χ3v) is 7.55. The molecule has 228 valence electrons. The molecule has 10 heteroatoms. The van der Waals surface area contributed by atoms with E-state index in [9.17, 15) is 30.0 Å². The minimum absolute atomic E-state index is 0.0244. The van der Waals surface area contributed by atoms with Crippen LogP contribution >= 0.6 is 0 Å². The molecule has 0 bridgehead atoms. The van der Waals surface area contributed by atoms with E-state index in [0.717, 1.165) is 0 Å². The van der Waals surface area contributed by atoms with E-state index in [4.69, 9.17) is 18.9 Å². The third-order valence-electron chi connectivity index (χ3n) is 7.55. The van der Waals surface area contributed by atoms with E-state index in [1.807, 2.05) is 20.8 Å². The minimum atomic E-state index is -0.448. The van der Waals surface area contributed by atoms with Gasteiger partial charge in [0.25, 0.3) is 0 Å². The van der Waals surface area contributed by atoms with Crippen LogP contribution in [0.3, 0.4) is 0 Å². The average molecular weight is 593 g/mol. The van der Waals surface area contributed by atoms with Crippen LogP contribution in [0.15, 0.2) is 29.5 Å². The second-order valence-electron chi connectivity index (χ2n) is 10.0. The maximum Gasteiger partial charge on any atom is 0.170 e. The van der Waals surface area contributed by atoms with Gasteiger partial charge in [-0.15, -0.1) is 0 Å². The van der Waals surface area contributed by atoms with Gasteiger partial charge in [-0.2, -0.15) is 0 Å². The van der Waals surface area contributed by atoms with E-state index >= 15 is 0 Å².